The highest BCUT2D eigenvalue weighted by atomic mass is 19.4. The van der Waals surface area contributed by atoms with Crippen LogP contribution in [0.25, 0.3) is 15.9 Å². The topological polar surface area (TPSA) is 42.6 Å². The van der Waals surface area contributed by atoms with E-state index < -0.39 is 6.36 Å². The van der Waals surface area contributed by atoms with Crippen molar-refractivity contribution in [3.8, 4) is 5.75 Å². The summed E-state index contributed by atoms with van der Waals surface area (Å²) in [5.74, 6) is 0.355. The van der Waals surface area contributed by atoms with Crippen molar-refractivity contribution in [1.29, 1.82) is 0 Å². The largest absolute Gasteiger partial charge is 0.573 e. The summed E-state index contributed by atoms with van der Waals surface area (Å²) in [4.78, 5) is 14.0. The van der Waals surface area contributed by atoms with Gasteiger partial charge in [-0.2, -0.15) is 0 Å². The molecule has 3 rings (SSSR count). The Morgan fingerprint density at radius 3 is 2.50 bits per heavy atom. The fraction of sp³-hybridized carbons (Fsp3) is 0.167. The molecular formula is C18H13F3N4O. The van der Waals surface area contributed by atoms with Crippen LogP contribution in [0.2, 0.25) is 0 Å². The molecule has 1 heterocycles. The molecule has 0 spiro atoms. The van der Waals surface area contributed by atoms with Crippen molar-refractivity contribution in [3.63, 3.8) is 0 Å². The van der Waals surface area contributed by atoms with E-state index in [0.717, 1.165) is 5.56 Å². The molecule has 0 radical (unpaired) electrons. The number of alkyl halides is 3. The van der Waals surface area contributed by atoms with E-state index >= 15 is 0 Å². The van der Waals surface area contributed by atoms with E-state index in [0.29, 0.717) is 29.1 Å². The second kappa shape index (κ2) is 6.88. The Bertz CT molecular complexity index is 965. The monoisotopic (exact) mass is 358 g/mol. The first-order valence-corrected chi connectivity index (χ1v) is 7.54. The van der Waals surface area contributed by atoms with Crippen LogP contribution in [0.5, 0.6) is 5.75 Å². The van der Waals surface area contributed by atoms with Gasteiger partial charge in [0.25, 0.3) is 0 Å². The smallest absolute Gasteiger partial charge is 0.406 e. The van der Waals surface area contributed by atoms with Crippen LogP contribution in [0.15, 0.2) is 48.7 Å². The van der Waals surface area contributed by atoms with Gasteiger partial charge in [-0.15, -0.1) is 13.2 Å². The van der Waals surface area contributed by atoms with Gasteiger partial charge in [0.15, 0.2) is 5.69 Å². The highest BCUT2D eigenvalue weighted by Gasteiger charge is 2.30. The molecule has 0 aliphatic carbocycles. The molecule has 0 bridgehead atoms. The fourth-order valence-corrected chi connectivity index (χ4v) is 2.39. The SMILES string of the molecule is [C-]#[N+]c1ccc2nc(N(C)Cc3ccc(OC(F)(F)F)cc3)cnc2c1. The number of fused-ring (bicyclic) bond motifs is 1. The number of anilines is 1. The summed E-state index contributed by atoms with van der Waals surface area (Å²) in [5, 5.41) is 0. The summed E-state index contributed by atoms with van der Waals surface area (Å²) in [6, 6.07) is 10.7. The molecule has 0 fully saturated rings. The number of hydrogen-bond donors (Lipinski definition) is 0. The normalized spacial score (nSPS) is 11.2. The third-order valence-electron chi connectivity index (χ3n) is 3.61. The molecule has 3 aromatic rings. The van der Waals surface area contributed by atoms with Gasteiger partial charge in [-0.25, -0.2) is 9.83 Å². The lowest BCUT2D eigenvalue weighted by Crippen LogP contribution is -2.18. The molecule has 0 saturated carbocycles. The fourth-order valence-electron chi connectivity index (χ4n) is 2.39. The van der Waals surface area contributed by atoms with Crippen molar-refractivity contribution in [2.24, 2.45) is 0 Å². The predicted molar refractivity (Wildman–Crippen MR) is 91.0 cm³/mol. The summed E-state index contributed by atoms with van der Waals surface area (Å²) in [5.41, 5.74) is 2.58. The Kier molecular flexibility index (Phi) is 4.63. The van der Waals surface area contributed by atoms with Crippen LogP contribution in [-0.2, 0) is 6.54 Å². The molecule has 0 aliphatic heterocycles. The highest BCUT2D eigenvalue weighted by Crippen LogP contribution is 2.24. The lowest BCUT2D eigenvalue weighted by molar-refractivity contribution is -0.274. The van der Waals surface area contributed by atoms with E-state index in [4.69, 9.17) is 6.57 Å². The van der Waals surface area contributed by atoms with E-state index in [2.05, 4.69) is 19.5 Å². The summed E-state index contributed by atoms with van der Waals surface area (Å²) in [7, 11) is 1.81. The number of ether oxygens (including phenoxy) is 1. The first-order chi connectivity index (χ1) is 12.3. The minimum absolute atomic E-state index is 0.259. The van der Waals surface area contributed by atoms with Crippen LogP contribution >= 0.6 is 0 Å². The van der Waals surface area contributed by atoms with Crippen molar-refractivity contribution >= 4 is 22.5 Å². The van der Waals surface area contributed by atoms with Gasteiger partial charge in [0.2, 0.25) is 0 Å². The maximum Gasteiger partial charge on any atom is 0.573 e. The number of aromatic nitrogens is 2. The molecule has 0 atom stereocenters. The molecule has 1 aromatic heterocycles. The number of hydrogen-bond acceptors (Lipinski definition) is 4. The quantitative estimate of drug-likeness (QED) is 0.633. The Morgan fingerprint density at radius 1 is 1.12 bits per heavy atom. The zero-order chi connectivity index (χ0) is 18.7. The van der Waals surface area contributed by atoms with Gasteiger partial charge >= 0.3 is 6.36 Å². The van der Waals surface area contributed by atoms with Gasteiger partial charge in [-0.3, -0.25) is 4.98 Å². The van der Waals surface area contributed by atoms with E-state index in [1.807, 2.05) is 11.9 Å². The Labute approximate surface area is 147 Å². The molecule has 0 unspecified atom stereocenters. The lowest BCUT2D eigenvalue weighted by atomic mass is 10.2. The van der Waals surface area contributed by atoms with Gasteiger partial charge in [-0.05, 0) is 29.8 Å². The second-order valence-corrected chi connectivity index (χ2v) is 5.56. The average Bonchev–Trinajstić information content (AvgIpc) is 2.61. The van der Waals surface area contributed by atoms with Crippen LogP contribution < -0.4 is 9.64 Å². The third-order valence-corrected chi connectivity index (χ3v) is 3.61. The van der Waals surface area contributed by atoms with Gasteiger partial charge < -0.3 is 9.64 Å². The van der Waals surface area contributed by atoms with E-state index in [1.54, 1.807) is 36.5 Å². The minimum Gasteiger partial charge on any atom is -0.406 e. The Morgan fingerprint density at radius 2 is 1.85 bits per heavy atom. The Balaban J connectivity index is 1.74. The van der Waals surface area contributed by atoms with Crippen LogP contribution in [0.1, 0.15) is 5.56 Å². The third kappa shape index (κ3) is 4.19. The van der Waals surface area contributed by atoms with Gasteiger partial charge in [0, 0.05) is 13.6 Å². The van der Waals surface area contributed by atoms with Crippen LogP contribution in [0.4, 0.5) is 24.7 Å². The molecular weight excluding hydrogens is 345 g/mol. The molecule has 26 heavy (non-hydrogen) atoms. The van der Waals surface area contributed by atoms with Crippen molar-refractivity contribution in [2.45, 2.75) is 12.9 Å². The van der Waals surface area contributed by atoms with Crippen molar-refractivity contribution in [3.05, 3.63) is 65.6 Å². The van der Waals surface area contributed by atoms with Crippen molar-refractivity contribution in [2.75, 3.05) is 11.9 Å². The average molecular weight is 358 g/mol. The summed E-state index contributed by atoms with van der Waals surface area (Å²) < 4.78 is 40.4. The molecule has 0 aliphatic rings. The van der Waals surface area contributed by atoms with E-state index in [1.165, 1.54) is 12.1 Å². The number of nitrogens with zero attached hydrogens (tertiary/aromatic N) is 4. The van der Waals surface area contributed by atoms with Gasteiger partial charge in [-0.1, -0.05) is 18.2 Å². The summed E-state index contributed by atoms with van der Waals surface area (Å²) in [6.07, 6.45) is -3.11. The van der Waals surface area contributed by atoms with Gasteiger partial charge in [0.05, 0.1) is 23.8 Å². The zero-order valence-corrected chi connectivity index (χ0v) is 13.7. The predicted octanol–water partition coefficient (Wildman–Crippen LogP) is 4.72. The minimum atomic E-state index is -4.70. The second-order valence-electron chi connectivity index (χ2n) is 5.56. The standard InChI is InChI=1S/C18H13F3N4O/c1-22-13-5-8-15-16(9-13)23-10-17(24-15)25(2)11-12-3-6-14(7-4-12)26-18(19,20)21/h3-10H,11H2,2H3. The molecule has 0 amide bonds. The molecule has 132 valence electrons. The van der Waals surface area contributed by atoms with Crippen LogP contribution in [0, 0.1) is 6.57 Å². The first kappa shape index (κ1) is 17.5. The summed E-state index contributed by atoms with van der Waals surface area (Å²) in [6.45, 7) is 7.45. The Hall–Kier alpha value is -3.34. The number of halogens is 3. The number of benzene rings is 2. The number of rotatable bonds is 4. The van der Waals surface area contributed by atoms with Crippen LogP contribution in [0.3, 0.4) is 0 Å². The van der Waals surface area contributed by atoms with E-state index in [9.17, 15) is 13.2 Å². The highest BCUT2D eigenvalue weighted by molar-refractivity contribution is 5.79. The lowest BCUT2D eigenvalue weighted by Gasteiger charge is -2.18. The van der Waals surface area contributed by atoms with E-state index in [-0.39, 0.29) is 5.75 Å². The molecule has 0 saturated heterocycles. The maximum absolute atomic E-state index is 12.2. The zero-order valence-electron chi connectivity index (χ0n) is 13.7. The van der Waals surface area contributed by atoms with Crippen LogP contribution in [-0.4, -0.2) is 23.4 Å². The first-order valence-electron chi connectivity index (χ1n) is 7.54. The molecule has 5 nitrogen and oxygen atoms in total. The van der Waals surface area contributed by atoms with Crippen molar-refractivity contribution in [1.82, 2.24) is 9.97 Å². The molecule has 8 heteroatoms. The summed E-state index contributed by atoms with van der Waals surface area (Å²) >= 11 is 0. The van der Waals surface area contributed by atoms with Crippen molar-refractivity contribution < 1.29 is 17.9 Å². The molecule has 2 aromatic carbocycles. The maximum atomic E-state index is 12.2. The molecule has 0 N–H and O–H groups in total. The van der Waals surface area contributed by atoms with Gasteiger partial charge in [0.1, 0.15) is 11.6 Å².